The lowest BCUT2D eigenvalue weighted by Crippen LogP contribution is -2.43. The monoisotopic (exact) mass is 272 g/mol. The highest BCUT2D eigenvalue weighted by Gasteiger charge is 2.13. The molecule has 0 saturated heterocycles. The van der Waals surface area contributed by atoms with Crippen molar-refractivity contribution in [3.8, 4) is 0 Å². The summed E-state index contributed by atoms with van der Waals surface area (Å²) in [6, 6.07) is 3.79. The number of halogens is 1. The molecule has 0 bridgehead atoms. The molecule has 0 aliphatic rings. The molecule has 1 amide bonds. The molecule has 1 aromatic carbocycles. The lowest BCUT2D eigenvalue weighted by atomic mass is 10.2. The van der Waals surface area contributed by atoms with E-state index in [2.05, 4.69) is 5.32 Å². The van der Waals surface area contributed by atoms with Gasteiger partial charge in [-0.15, -0.1) is 11.8 Å². The Hall–Kier alpha value is -1.11. The average Bonchev–Trinajstić information content (AvgIpc) is 2.36. The average molecular weight is 272 g/mol. The quantitative estimate of drug-likeness (QED) is 0.762. The van der Waals surface area contributed by atoms with E-state index >= 15 is 0 Å². The molecule has 1 atom stereocenters. The van der Waals surface area contributed by atoms with Gasteiger partial charge in [-0.1, -0.05) is 0 Å². The van der Waals surface area contributed by atoms with Crippen molar-refractivity contribution in [2.24, 2.45) is 5.73 Å². The van der Waals surface area contributed by atoms with Crippen LogP contribution in [0.3, 0.4) is 0 Å². The van der Waals surface area contributed by atoms with Crippen LogP contribution >= 0.6 is 11.8 Å². The van der Waals surface area contributed by atoms with E-state index in [0.29, 0.717) is 0 Å². The number of methoxy groups -OCH3 is 1. The Morgan fingerprint density at radius 1 is 1.61 bits per heavy atom. The summed E-state index contributed by atoms with van der Waals surface area (Å²) in [5.74, 6) is -0.633. The maximum absolute atomic E-state index is 13.1. The Kier molecular flexibility index (Phi) is 6.11. The minimum absolute atomic E-state index is 0.157. The second-order valence-corrected chi connectivity index (χ2v) is 4.58. The highest BCUT2D eigenvalue weighted by atomic mass is 32.2. The van der Waals surface area contributed by atoms with Crippen LogP contribution in [0.5, 0.6) is 0 Å². The first-order valence-corrected chi connectivity index (χ1v) is 6.65. The second kappa shape index (κ2) is 7.35. The van der Waals surface area contributed by atoms with Crippen LogP contribution in [-0.4, -0.2) is 31.9 Å². The Labute approximate surface area is 110 Å². The van der Waals surface area contributed by atoms with Crippen LogP contribution in [-0.2, 0) is 16.1 Å². The van der Waals surface area contributed by atoms with Crippen molar-refractivity contribution < 1.29 is 13.9 Å². The van der Waals surface area contributed by atoms with Crippen LogP contribution in [0.1, 0.15) is 5.56 Å². The summed E-state index contributed by atoms with van der Waals surface area (Å²) in [5, 5.41) is 2.66. The summed E-state index contributed by atoms with van der Waals surface area (Å²) in [6.07, 6.45) is 1.90. The highest BCUT2D eigenvalue weighted by molar-refractivity contribution is 7.98. The summed E-state index contributed by atoms with van der Waals surface area (Å²) in [7, 11) is 1.48. The van der Waals surface area contributed by atoms with Crippen LogP contribution in [0.25, 0.3) is 0 Å². The molecule has 6 heteroatoms. The lowest BCUT2D eigenvalue weighted by Gasteiger charge is -2.13. The van der Waals surface area contributed by atoms with Gasteiger partial charge in [-0.2, -0.15) is 0 Å². The molecule has 0 heterocycles. The van der Waals surface area contributed by atoms with Gasteiger partial charge in [-0.25, -0.2) is 4.39 Å². The summed E-state index contributed by atoms with van der Waals surface area (Å²) in [6.45, 7) is 0.411. The third-order valence-electron chi connectivity index (χ3n) is 2.38. The predicted octanol–water partition coefficient (Wildman–Crippen LogP) is 1.14. The molecule has 18 heavy (non-hydrogen) atoms. The van der Waals surface area contributed by atoms with Crippen molar-refractivity contribution in [2.45, 2.75) is 17.5 Å². The van der Waals surface area contributed by atoms with E-state index < -0.39 is 6.04 Å². The highest BCUT2D eigenvalue weighted by Crippen LogP contribution is 2.21. The molecule has 1 rings (SSSR count). The minimum Gasteiger partial charge on any atom is -0.383 e. The van der Waals surface area contributed by atoms with Crippen LogP contribution in [0.15, 0.2) is 23.1 Å². The second-order valence-electron chi connectivity index (χ2n) is 3.74. The first-order valence-electron chi connectivity index (χ1n) is 5.43. The minimum atomic E-state index is -0.707. The molecule has 0 fully saturated rings. The molecule has 1 aromatic rings. The Bertz CT molecular complexity index is 415. The number of ether oxygens (including phenoxy) is 1. The zero-order valence-corrected chi connectivity index (χ0v) is 11.2. The molecule has 0 aromatic heterocycles. The Balaban J connectivity index is 2.62. The molecule has 100 valence electrons. The molecule has 4 nitrogen and oxygen atoms in total. The van der Waals surface area contributed by atoms with Gasteiger partial charge in [0, 0.05) is 18.6 Å². The van der Waals surface area contributed by atoms with E-state index in [-0.39, 0.29) is 24.9 Å². The van der Waals surface area contributed by atoms with E-state index in [1.807, 2.05) is 6.26 Å². The summed E-state index contributed by atoms with van der Waals surface area (Å²) in [5.41, 5.74) is 6.31. The smallest absolute Gasteiger partial charge is 0.239 e. The van der Waals surface area contributed by atoms with Gasteiger partial charge >= 0.3 is 0 Å². The van der Waals surface area contributed by atoms with Gasteiger partial charge in [0.05, 0.1) is 6.61 Å². The van der Waals surface area contributed by atoms with Gasteiger partial charge < -0.3 is 15.8 Å². The number of hydrogen-bond donors (Lipinski definition) is 2. The zero-order valence-electron chi connectivity index (χ0n) is 10.4. The maximum Gasteiger partial charge on any atom is 0.239 e. The van der Waals surface area contributed by atoms with Gasteiger partial charge in [-0.3, -0.25) is 4.79 Å². The van der Waals surface area contributed by atoms with Crippen LogP contribution in [0.2, 0.25) is 0 Å². The fraction of sp³-hybridized carbons (Fsp3) is 0.417. The number of nitrogens with two attached hydrogens (primary N) is 1. The number of benzene rings is 1. The molecular weight excluding hydrogens is 255 g/mol. The number of carbonyl (C=O) groups excluding carboxylic acids is 1. The van der Waals surface area contributed by atoms with E-state index in [9.17, 15) is 9.18 Å². The summed E-state index contributed by atoms with van der Waals surface area (Å²) >= 11 is 1.50. The van der Waals surface area contributed by atoms with Gasteiger partial charge in [-0.05, 0) is 30.0 Å². The summed E-state index contributed by atoms with van der Waals surface area (Å²) < 4.78 is 17.9. The number of thioether (sulfide) groups is 1. The molecule has 0 spiro atoms. The van der Waals surface area contributed by atoms with E-state index in [4.69, 9.17) is 10.5 Å². The van der Waals surface area contributed by atoms with Crippen LogP contribution in [0, 0.1) is 5.82 Å². The predicted molar refractivity (Wildman–Crippen MR) is 69.9 cm³/mol. The lowest BCUT2D eigenvalue weighted by molar-refractivity contribution is -0.123. The van der Waals surface area contributed by atoms with Crippen LogP contribution < -0.4 is 11.1 Å². The normalized spacial score (nSPS) is 12.2. The Morgan fingerprint density at radius 3 is 2.94 bits per heavy atom. The molecule has 1 unspecified atom stereocenters. The van der Waals surface area contributed by atoms with Crippen molar-refractivity contribution in [3.63, 3.8) is 0 Å². The molecular formula is C12H17FN2O2S. The maximum atomic E-state index is 13.1. The fourth-order valence-electron chi connectivity index (χ4n) is 1.45. The SMILES string of the molecule is COCC(N)C(=O)NCc1cc(F)ccc1SC. The largest absolute Gasteiger partial charge is 0.383 e. The zero-order chi connectivity index (χ0) is 13.5. The Morgan fingerprint density at radius 2 is 2.33 bits per heavy atom. The first-order chi connectivity index (χ1) is 8.58. The van der Waals surface area contributed by atoms with Crippen LogP contribution in [0.4, 0.5) is 4.39 Å². The van der Waals surface area contributed by atoms with E-state index in [1.54, 1.807) is 6.07 Å². The number of carbonyl (C=O) groups is 1. The van der Waals surface area contributed by atoms with Crippen molar-refractivity contribution in [2.75, 3.05) is 20.0 Å². The molecule has 0 aliphatic heterocycles. The van der Waals surface area contributed by atoms with Gasteiger partial charge in [0.15, 0.2) is 0 Å². The van der Waals surface area contributed by atoms with Crippen molar-refractivity contribution in [3.05, 3.63) is 29.6 Å². The number of amides is 1. The topological polar surface area (TPSA) is 64.3 Å². The van der Waals surface area contributed by atoms with Gasteiger partial charge in [0.25, 0.3) is 0 Å². The van der Waals surface area contributed by atoms with Crippen molar-refractivity contribution in [1.82, 2.24) is 5.32 Å². The third kappa shape index (κ3) is 4.29. The summed E-state index contributed by atoms with van der Waals surface area (Å²) in [4.78, 5) is 12.5. The number of rotatable bonds is 6. The standard InChI is InChI=1S/C12H17FN2O2S/c1-17-7-10(14)12(16)15-6-8-5-9(13)3-4-11(8)18-2/h3-5,10H,6-7,14H2,1-2H3,(H,15,16). The molecule has 0 saturated carbocycles. The van der Waals surface area contributed by atoms with Crippen molar-refractivity contribution in [1.29, 1.82) is 0 Å². The fourth-order valence-corrected chi connectivity index (χ4v) is 2.05. The van der Waals surface area contributed by atoms with Crippen molar-refractivity contribution >= 4 is 17.7 Å². The van der Waals surface area contributed by atoms with Gasteiger partial charge in [0.1, 0.15) is 11.9 Å². The van der Waals surface area contributed by atoms with Gasteiger partial charge in [0.2, 0.25) is 5.91 Å². The molecule has 3 N–H and O–H groups in total. The number of nitrogens with one attached hydrogen (secondary N) is 1. The first kappa shape index (κ1) is 14.9. The molecule has 0 radical (unpaired) electrons. The molecule has 0 aliphatic carbocycles. The van der Waals surface area contributed by atoms with E-state index in [1.165, 1.54) is 31.0 Å². The number of hydrogen-bond acceptors (Lipinski definition) is 4. The van der Waals surface area contributed by atoms with E-state index in [0.717, 1.165) is 10.5 Å². The third-order valence-corrected chi connectivity index (χ3v) is 3.22.